The van der Waals surface area contributed by atoms with Crippen molar-refractivity contribution in [2.75, 3.05) is 26.3 Å². The van der Waals surface area contributed by atoms with Crippen molar-refractivity contribution in [3.63, 3.8) is 0 Å². The molecular weight excluding hydrogens is 500 g/mol. The summed E-state index contributed by atoms with van der Waals surface area (Å²) in [5.41, 5.74) is 1.83. The molecule has 40 heavy (non-hydrogen) atoms. The van der Waals surface area contributed by atoms with Crippen LogP contribution in [0.1, 0.15) is 106 Å². The standard InChI is InChI=1S/C34H56N2O4/c1-8-26(23-34(6,7)24-36-31(39)28-13-10-18-32(2,3)20-17-28)16-19-33(4,5)25-40-22-21-35-30(38)15-14-29(37)27-11-9-12-27/h10,13,17-18,20,26,37H,8-9,11-12,14-16,19,21-25H2,1-7H3,(H,35,38)(H,36,39). The predicted molar refractivity (Wildman–Crippen MR) is 165 cm³/mol. The van der Waals surface area contributed by atoms with Crippen LogP contribution in [0, 0.1) is 22.2 Å². The molecule has 0 aromatic rings. The first-order valence-electron chi connectivity index (χ1n) is 15.3. The van der Waals surface area contributed by atoms with Gasteiger partial charge in [-0.1, -0.05) is 79.2 Å². The molecule has 2 rings (SSSR count). The van der Waals surface area contributed by atoms with Crippen LogP contribution in [0.3, 0.4) is 0 Å². The van der Waals surface area contributed by atoms with Crippen molar-refractivity contribution in [2.45, 2.75) is 106 Å². The number of nitrogens with one attached hydrogen (secondary N) is 2. The lowest BCUT2D eigenvalue weighted by atomic mass is 9.77. The highest BCUT2D eigenvalue weighted by atomic mass is 16.5. The summed E-state index contributed by atoms with van der Waals surface area (Å²) < 4.78 is 5.91. The monoisotopic (exact) mass is 556 g/mol. The van der Waals surface area contributed by atoms with Gasteiger partial charge in [-0.2, -0.15) is 0 Å². The molecule has 2 amide bonds. The molecule has 226 valence electrons. The topological polar surface area (TPSA) is 87.7 Å². The molecule has 2 aliphatic carbocycles. The number of hydrogen-bond acceptors (Lipinski definition) is 4. The number of rotatable bonds is 17. The predicted octanol–water partition coefficient (Wildman–Crippen LogP) is 7.34. The van der Waals surface area contributed by atoms with Crippen LogP contribution in [0.25, 0.3) is 0 Å². The van der Waals surface area contributed by atoms with Crippen molar-refractivity contribution in [2.24, 2.45) is 22.2 Å². The molecule has 2 aliphatic rings. The second-order valence-corrected chi connectivity index (χ2v) is 14.0. The summed E-state index contributed by atoms with van der Waals surface area (Å²) in [4.78, 5) is 24.8. The molecule has 0 heterocycles. The third kappa shape index (κ3) is 12.9. The van der Waals surface area contributed by atoms with Crippen LogP contribution in [0.4, 0.5) is 0 Å². The number of aliphatic hydroxyl groups excluding tert-OH is 1. The molecule has 0 aromatic heterocycles. The molecule has 3 N–H and O–H groups in total. The Bertz CT molecular complexity index is 962. The molecule has 6 nitrogen and oxygen atoms in total. The third-order valence-electron chi connectivity index (χ3n) is 8.15. The van der Waals surface area contributed by atoms with E-state index in [2.05, 4.69) is 71.3 Å². The lowest BCUT2D eigenvalue weighted by Crippen LogP contribution is -2.36. The number of allylic oxidation sites excluding steroid dienone is 6. The van der Waals surface area contributed by atoms with Gasteiger partial charge in [-0.3, -0.25) is 9.59 Å². The minimum absolute atomic E-state index is 0.00438. The van der Waals surface area contributed by atoms with Gasteiger partial charge >= 0.3 is 0 Å². The van der Waals surface area contributed by atoms with Gasteiger partial charge in [-0.25, -0.2) is 0 Å². The molecule has 1 atom stereocenters. The van der Waals surface area contributed by atoms with Gasteiger partial charge in [0, 0.05) is 36.9 Å². The van der Waals surface area contributed by atoms with Crippen LogP contribution >= 0.6 is 0 Å². The summed E-state index contributed by atoms with van der Waals surface area (Å²) in [6, 6.07) is 0. The molecule has 1 fully saturated rings. The van der Waals surface area contributed by atoms with Crippen molar-refractivity contribution in [3.8, 4) is 0 Å². The Kier molecular flexibility index (Phi) is 13.2. The first kappa shape index (κ1) is 33.9. The summed E-state index contributed by atoms with van der Waals surface area (Å²) >= 11 is 0. The summed E-state index contributed by atoms with van der Waals surface area (Å²) in [5.74, 6) is 0.933. The van der Waals surface area contributed by atoms with Gasteiger partial charge in [0.2, 0.25) is 5.91 Å². The van der Waals surface area contributed by atoms with E-state index in [4.69, 9.17) is 4.74 Å². The van der Waals surface area contributed by atoms with Crippen molar-refractivity contribution >= 4 is 11.8 Å². The number of ether oxygens (including phenoxy) is 1. The van der Waals surface area contributed by atoms with E-state index in [1.54, 1.807) is 0 Å². The van der Waals surface area contributed by atoms with Gasteiger partial charge in [0.1, 0.15) is 0 Å². The van der Waals surface area contributed by atoms with E-state index in [0.717, 1.165) is 50.5 Å². The lowest BCUT2D eigenvalue weighted by Gasteiger charge is -2.32. The fourth-order valence-corrected chi connectivity index (χ4v) is 5.11. The second kappa shape index (κ2) is 15.6. The van der Waals surface area contributed by atoms with E-state index in [9.17, 15) is 14.7 Å². The van der Waals surface area contributed by atoms with Crippen molar-refractivity contribution < 1.29 is 19.4 Å². The highest BCUT2D eigenvalue weighted by Crippen LogP contribution is 2.33. The first-order valence-corrected chi connectivity index (χ1v) is 15.3. The van der Waals surface area contributed by atoms with E-state index < -0.39 is 0 Å². The maximum Gasteiger partial charge on any atom is 0.251 e. The van der Waals surface area contributed by atoms with Crippen LogP contribution in [-0.4, -0.2) is 43.2 Å². The molecule has 1 unspecified atom stereocenters. The van der Waals surface area contributed by atoms with Crippen LogP contribution in [0.5, 0.6) is 0 Å². The maximum absolute atomic E-state index is 12.8. The summed E-state index contributed by atoms with van der Waals surface area (Å²) in [7, 11) is 0. The summed E-state index contributed by atoms with van der Waals surface area (Å²) in [5, 5.41) is 16.0. The van der Waals surface area contributed by atoms with Crippen LogP contribution in [0.2, 0.25) is 0 Å². The minimum atomic E-state index is -0.0426. The van der Waals surface area contributed by atoms with Gasteiger partial charge < -0.3 is 20.5 Å². The van der Waals surface area contributed by atoms with Crippen molar-refractivity contribution in [3.05, 3.63) is 47.3 Å². The Balaban J connectivity index is 1.65. The number of carbonyl (C=O) groups is 2. The Morgan fingerprint density at radius 2 is 1.80 bits per heavy atom. The minimum Gasteiger partial charge on any atom is -0.512 e. The van der Waals surface area contributed by atoms with Gasteiger partial charge in [0.25, 0.3) is 5.91 Å². The zero-order chi connectivity index (χ0) is 29.8. The molecular formula is C34H56N2O4. The van der Waals surface area contributed by atoms with E-state index in [1.807, 2.05) is 18.2 Å². The fraction of sp³-hybridized carbons (Fsp3) is 0.706. The SMILES string of the molecule is CCC(CCC(C)(C)COCCNC(=O)CCC(O)=C1CCC1)CC(C)(C)CNC(=O)C1=CC=CC(C)(C)C=C1. The molecule has 0 saturated heterocycles. The number of carbonyl (C=O) groups excluding carboxylic acids is 2. The Morgan fingerprint density at radius 1 is 1.07 bits per heavy atom. The van der Waals surface area contributed by atoms with E-state index in [0.29, 0.717) is 56.4 Å². The van der Waals surface area contributed by atoms with E-state index in [1.165, 1.54) is 0 Å². The molecule has 0 bridgehead atoms. The zero-order valence-electron chi connectivity index (χ0n) is 26.3. The van der Waals surface area contributed by atoms with Gasteiger partial charge in [-0.05, 0) is 66.9 Å². The summed E-state index contributed by atoms with van der Waals surface area (Å²) in [6.07, 6.45) is 18.2. The Morgan fingerprint density at radius 3 is 2.45 bits per heavy atom. The molecule has 1 saturated carbocycles. The third-order valence-corrected chi connectivity index (χ3v) is 8.15. The van der Waals surface area contributed by atoms with E-state index in [-0.39, 0.29) is 28.1 Å². The summed E-state index contributed by atoms with van der Waals surface area (Å²) in [6.45, 7) is 17.7. The second-order valence-electron chi connectivity index (χ2n) is 14.0. The van der Waals surface area contributed by atoms with E-state index >= 15 is 0 Å². The Labute approximate surface area is 243 Å². The zero-order valence-corrected chi connectivity index (χ0v) is 26.3. The molecule has 6 heteroatoms. The average Bonchev–Trinajstić information content (AvgIpc) is 3.03. The van der Waals surface area contributed by atoms with Crippen LogP contribution in [-0.2, 0) is 14.3 Å². The largest absolute Gasteiger partial charge is 0.512 e. The smallest absolute Gasteiger partial charge is 0.251 e. The molecule has 0 radical (unpaired) electrons. The van der Waals surface area contributed by atoms with Crippen LogP contribution < -0.4 is 10.6 Å². The molecule has 0 aliphatic heterocycles. The number of aliphatic hydroxyl groups is 1. The van der Waals surface area contributed by atoms with Gasteiger partial charge in [0.05, 0.1) is 19.0 Å². The maximum atomic E-state index is 12.8. The number of hydrogen-bond donors (Lipinski definition) is 3. The van der Waals surface area contributed by atoms with Crippen molar-refractivity contribution in [1.29, 1.82) is 0 Å². The highest BCUT2D eigenvalue weighted by Gasteiger charge is 2.26. The normalized spacial score (nSPS) is 17.5. The quantitative estimate of drug-likeness (QED) is 0.129. The van der Waals surface area contributed by atoms with Gasteiger partial charge in [-0.15, -0.1) is 0 Å². The first-order chi connectivity index (χ1) is 18.7. The Hall–Kier alpha value is -2.34. The number of amides is 2. The van der Waals surface area contributed by atoms with Crippen LogP contribution in [0.15, 0.2) is 47.3 Å². The van der Waals surface area contributed by atoms with Gasteiger partial charge in [0.15, 0.2) is 0 Å². The molecule has 0 aromatic carbocycles. The van der Waals surface area contributed by atoms with Crippen molar-refractivity contribution in [1.82, 2.24) is 10.6 Å². The average molecular weight is 557 g/mol. The fourth-order valence-electron chi connectivity index (χ4n) is 5.11. The lowest BCUT2D eigenvalue weighted by molar-refractivity contribution is -0.121. The highest BCUT2D eigenvalue weighted by molar-refractivity contribution is 5.96. The molecule has 0 spiro atoms.